The summed E-state index contributed by atoms with van der Waals surface area (Å²) in [6, 6.07) is 0. The van der Waals surface area contributed by atoms with Crippen LogP contribution in [0.3, 0.4) is 0 Å². The van der Waals surface area contributed by atoms with E-state index in [-0.39, 0.29) is 5.60 Å². The monoisotopic (exact) mass is 150 g/mol. The van der Waals surface area contributed by atoms with Crippen molar-refractivity contribution in [2.45, 2.75) is 19.4 Å². The summed E-state index contributed by atoms with van der Waals surface area (Å²) in [5, 5.41) is 0. The van der Waals surface area contributed by atoms with Crippen LogP contribution in [-0.4, -0.2) is 27.8 Å². The number of hydrogen-bond donors (Lipinski definition) is 1. The molecule has 50 valence electrons. The first-order chi connectivity index (χ1) is 3.62. The van der Waals surface area contributed by atoms with Gasteiger partial charge < -0.3 is 4.74 Å². The number of rotatable bonds is 3. The van der Waals surface area contributed by atoms with E-state index in [2.05, 4.69) is 26.5 Å². The van der Waals surface area contributed by atoms with Crippen LogP contribution in [-0.2, 0) is 4.74 Å². The van der Waals surface area contributed by atoms with Gasteiger partial charge in [0, 0.05) is 22.2 Å². The van der Waals surface area contributed by atoms with Crippen molar-refractivity contribution in [1.82, 2.24) is 0 Å². The molecule has 0 bridgehead atoms. The Morgan fingerprint density at radius 1 is 1.62 bits per heavy atom. The van der Waals surface area contributed by atoms with Crippen molar-refractivity contribution in [2.24, 2.45) is 0 Å². The van der Waals surface area contributed by atoms with Gasteiger partial charge in [-0.3, -0.25) is 0 Å². The number of hydrogen-bond acceptors (Lipinski definition) is 2. The second-order valence-electron chi connectivity index (χ2n) is 2.35. The zero-order valence-corrected chi connectivity index (χ0v) is 8.66. The molecule has 0 saturated heterocycles. The Morgan fingerprint density at radius 2 is 2.12 bits per heavy atom. The predicted octanol–water partition coefficient (Wildman–Crippen LogP) is 0.0343. The molecule has 0 aliphatic rings. The van der Waals surface area contributed by atoms with Crippen molar-refractivity contribution in [3.05, 3.63) is 0 Å². The average molecular weight is 150 g/mol. The number of ether oxygens (including phenoxy) is 1. The molecule has 0 aromatic heterocycles. The van der Waals surface area contributed by atoms with Gasteiger partial charge in [-0.15, -0.1) is 0 Å². The average Bonchev–Trinajstić information content (AvgIpc) is 1.67. The molecule has 0 spiro atoms. The zero-order chi connectivity index (χ0) is 6.62. The van der Waals surface area contributed by atoms with Crippen LogP contribution >= 0.6 is 12.6 Å². The van der Waals surface area contributed by atoms with Crippen LogP contribution in [0, 0.1) is 0 Å². The van der Waals surface area contributed by atoms with E-state index >= 15 is 0 Å². The Hall–Kier alpha value is 0.527. The third-order valence-electron chi connectivity index (χ3n) is 0.916. The summed E-state index contributed by atoms with van der Waals surface area (Å²) >= 11 is 4.13. The molecule has 0 heterocycles. The Labute approximate surface area is 59.6 Å². The maximum Gasteiger partial charge on any atom is 0.0709 e. The van der Waals surface area contributed by atoms with Gasteiger partial charge >= 0.3 is 0 Å². The molecular formula is C5H14OSSi. The maximum atomic E-state index is 5.36. The highest BCUT2D eigenvalue weighted by atomic mass is 32.1. The molecule has 0 radical (unpaired) electrons. The van der Waals surface area contributed by atoms with Gasteiger partial charge in [0.15, 0.2) is 0 Å². The standard InChI is InChI=1S/C5H14OSSi/c1-5(2,3-7)6-4-8/h7H,3-4H2,1-2,8H3. The summed E-state index contributed by atoms with van der Waals surface area (Å²) in [4.78, 5) is 0. The first-order valence-electron chi connectivity index (χ1n) is 2.87. The lowest BCUT2D eigenvalue weighted by atomic mass is 10.2. The molecule has 0 aromatic carbocycles. The minimum atomic E-state index is -0.00907. The van der Waals surface area contributed by atoms with E-state index in [4.69, 9.17) is 4.74 Å². The van der Waals surface area contributed by atoms with Crippen molar-refractivity contribution in [2.75, 3.05) is 12.0 Å². The van der Waals surface area contributed by atoms with Gasteiger partial charge in [0.2, 0.25) is 0 Å². The second kappa shape index (κ2) is 3.53. The van der Waals surface area contributed by atoms with E-state index in [1.54, 1.807) is 0 Å². The molecule has 0 aromatic rings. The Kier molecular flexibility index (Phi) is 3.77. The summed E-state index contributed by atoms with van der Waals surface area (Å²) < 4.78 is 5.36. The highest BCUT2D eigenvalue weighted by molar-refractivity contribution is 7.80. The molecule has 0 aliphatic heterocycles. The van der Waals surface area contributed by atoms with Crippen LogP contribution in [0.5, 0.6) is 0 Å². The van der Waals surface area contributed by atoms with E-state index in [1.165, 1.54) is 0 Å². The van der Waals surface area contributed by atoms with Gasteiger partial charge in [0.05, 0.1) is 5.60 Å². The molecule has 0 unspecified atom stereocenters. The fourth-order valence-electron chi connectivity index (χ4n) is 0.436. The normalized spacial score (nSPS) is 12.4. The van der Waals surface area contributed by atoms with Crippen molar-refractivity contribution >= 4 is 22.9 Å². The zero-order valence-electron chi connectivity index (χ0n) is 5.77. The van der Waals surface area contributed by atoms with E-state index in [9.17, 15) is 0 Å². The Bertz CT molecular complexity index is 65.4. The third kappa shape index (κ3) is 3.52. The SMILES string of the molecule is CC(C)(CS)OC[SiH3]. The van der Waals surface area contributed by atoms with Crippen molar-refractivity contribution < 1.29 is 4.74 Å². The molecule has 0 N–H and O–H groups in total. The molecule has 8 heavy (non-hydrogen) atoms. The maximum absolute atomic E-state index is 5.36. The fraction of sp³-hybridized carbons (Fsp3) is 1.00. The van der Waals surface area contributed by atoms with Gasteiger partial charge in [-0.05, 0) is 13.8 Å². The van der Waals surface area contributed by atoms with E-state index in [0.717, 1.165) is 22.2 Å². The highest BCUT2D eigenvalue weighted by Gasteiger charge is 2.13. The summed E-state index contributed by atoms with van der Waals surface area (Å²) in [6.07, 6.45) is 0.910. The molecule has 0 fully saturated rings. The summed E-state index contributed by atoms with van der Waals surface area (Å²) in [5.41, 5.74) is -0.00907. The topological polar surface area (TPSA) is 9.23 Å². The number of thiol groups is 1. The summed E-state index contributed by atoms with van der Waals surface area (Å²) in [5.74, 6) is 0.801. The van der Waals surface area contributed by atoms with Crippen LogP contribution < -0.4 is 0 Å². The van der Waals surface area contributed by atoms with Gasteiger partial charge in [0.25, 0.3) is 0 Å². The Balaban J connectivity index is 3.37. The third-order valence-corrected chi connectivity index (χ3v) is 1.97. The molecule has 0 aliphatic carbocycles. The van der Waals surface area contributed by atoms with Crippen molar-refractivity contribution in [3.8, 4) is 0 Å². The minimum Gasteiger partial charge on any atom is -0.379 e. The second-order valence-corrected chi connectivity index (χ2v) is 3.24. The quantitative estimate of drug-likeness (QED) is 0.441. The molecule has 0 atom stereocenters. The highest BCUT2D eigenvalue weighted by Crippen LogP contribution is 2.08. The van der Waals surface area contributed by atoms with Gasteiger partial charge in [-0.2, -0.15) is 12.6 Å². The molecule has 0 amide bonds. The smallest absolute Gasteiger partial charge is 0.0709 e. The predicted molar refractivity (Wildman–Crippen MR) is 43.8 cm³/mol. The van der Waals surface area contributed by atoms with E-state index < -0.39 is 0 Å². The summed E-state index contributed by atoms with van der Waals surface area (Å²) in [7, 11) is 1.12. The van der Waals surface area contributed by atoms with Crippen LogP contribution in [0.1, 0.15) is 13.8 Å². The van der Waals surface area contributed by atoms with E-state index in [1.807, 2.05) is 0 Å². The van der Waals surface area contributed by atoms with Gasteiger partial charge in [-0.25, -0.2) is 0 Å². The fourth-order valence-corrected chi connectivity index (χ4v) is 1.31. The minimum absolute atomic E-state index is 0.00907. The molecule has 1 nitrogen and oxygen atoms in total. The molecule has 0 saturated carbocycles. The van der Waals surface area contributed by atoms with E-state index in [0.29, 0.717) is 0 Å². The van der Waals surface area contributed by atoms with Crippen LogP contribution in [0.15, 0.2) is 0 Å². The lowest BCUT2D eigenvalue weighted by Crippen LogP contribution is -2.26. The van der Waals surface area contributed by atoms with Crippen LogP contribution in [0.2, 0.25) is 0 Å². The summed E-state index contributed by atoms with van der Waals surface area (Å²) in [6.45, 7) is 4.11. The molecule has 3 heteroatoms. The molecule has 0 rings (SSSR count). The van der Waals surface area contributed by atoms with Crippen LogP contribution in [0.25, 0.3) is 0 Å². The van der Waals surface area contributed by atoms with Crippen molar-refractivity contribution in [1.29, 1.82) is 0 Å². The molecular weight excluding hydrogens is 136 g/mol. The first-order valence-corrected chi connectivity index (χ1v) is 4.92. The van der Waals surface area contributed by atoms with Gasteiger partial charge in [-0.1, -0.05) is 0 Å². The first kappa shape index (κ1) is 8.53. The lowest BCUT2D eigenvalue weighted by molar-refractivity contribution is 0.0304. The largest absolute Gasteiger partial charge is 0.379 e. The Morgan fingerprint density at radius 3 is 2.25 bits per heavy atom. The van der Waals surface area contributed by atoms with Crippen LogP contribution in [0.4, 0.5) is 0 Å². The van der Waals surface area contributed by atoms with Gasteiger partial charge in [0.1, 0.15) is 0 Å². The lowest BCUT2D eigenvalue weighted by Gasteiger charge is -2.21. The van der Waals surface area contributed by atoms with Crippen molar-refractivity contribution in [3.63, 3.8) is 0 Å².